The van der Waals surface area contributed by atoms with E-state index in [4.69, 9.17) is 5.11 Å². The molecular weight excluding hydrogens is 356 g/mol. The van der Waals surface area contributed by atoms with Crippen molar-refractivity contribution in [3.05, 3.63) is 24.3 Å². The van der Waals surface area contributed by atoms with Gasteiger partial charge in [0.25, 0.3) is 0 Å². The molecule has 23 heavy (non-hydrogen) atoms. The molecule has 1 atom stereocenters. The van der Waals surface area contributed by atoms with Crippen LogP contribution in [0.2, 0.25) is 0 Å². The Morgan fingerprint density at radius 1 is 1.09 bits per heavy atom. The van der Waals surface area contributed by atoms with Crippen LogP contribution < -0.4 is 4.72 Å². The van der Waals surface area contributed by atoms with Crippen molar-refractivity contribution in [2.24, 2.45) is 5.92 Å². The van der Waals surface area contributed by atoms with Gasteiger partial charge in [0.15, 0.2) is 0 Å². The number of aliphatic carboxylic acids is 1. The molecule has 0 unspecified atom stereocenters. The molecule has 1 aromatic carbocycles. The number of carboxylic acid groups (broad SMARTS) is 1. The summed E-state index contributed by atoms with van der Waals surface area (Å²) >= 11 is 0. The van der Waals surface area contributed by atoms with E-state index in [1.165, 1.54) is 13.8 Å². The Bertz CT molecular complexity index is 790. The van der Waals surface area contributed by atoms with Crippen LogP contribution in [-0.4, -0.2) is 39.7 Å². The van der Waals surface area contributed by atoms with Crippen LogP contribution >= 0.6 is 0 Å². The van der Waals surface area contributed by atoms with Crippen molar-refractivity contribution in [2.45, 2.75) is 35.4 Å². The van der Waals surface area contributed by atoms with Crippen LogP contribution in [0.5, 0.6) is 0 Å². The lowest BCUT2D eigenvalue weighted by molar-refractivity contribution is -0.140. The van der Waals surface area contributed by atoms with E-state index in [-0.39, 0.29) is 0 Å². The summed E-state index contributed by atoms with van der Waals surface area (Å²) in [6, 6.07) is 2.23. The van der Waals surface area contributed by atoms with E-state index >= 15 is 0 Å². The minimum absolute atomic E-state index is 0.652. The van der Waals surface area contributed by atoms with Crippen LogP contribution in [0.4, 0.5) is 8.78 Å². The number of alkyl halides is 2. The molecular formula is C12H15F2NO6S2. The first kappa shape index (κ1) is 19.5. The zero-order chi connectivity index (χ0) is 18.0. The maximum Gasteiger partial charge on any atom is 0.341 e. The minimum atomic E-state index is -5.17. The Hall–Kier alpha value is -1.59. The lowest BCUT2D eigenvalue weighted by Gasteiger charge is -2.19. The molecule has 0 heterocycles. The minimum Gasteiger partial charge on any atom is -0.480 e. The van der Waals surface area contributed by atoms with Gasteiger partial charge in [0.05, 0.1) is 4.90 Å². The van der Waals surface area contributed by atoms with Gasteiger partial charge in [-0.25, -0.2) is 16.8 Å². The quantitative estimate of drug-likeness (QED) is 0.740. The van der Waals surface area contributed by atoms with E-state index in [9.17, 15) is 30.4 Å². The Morgan fingerprint density at radius 2 is 1.57 bits per heavy atom. The van der Waals surface area contributed by atoms with E-state index in [0.717, 1.165) is 24.3 Å². The summed E-state index contributed by atoms with van der Waals surface area (Å²) in [4.78, 5) is 9.06. The van der Waals surface area contributed by atoms with E-state index in [2.05, 4.69) is 0 Å². The van der Waals surface area contributed by atoms with Crippen molar-refractivity contribution >= 4 is 25.8 Å². The van der Waals surface area contributed by atoms with Crippen LogP contribution in [-0.2, 0) is 24.7 Å². The molecule has 1 aromatic rings. The lowest BCUT2D eigenvalue weighted by Crippen LogP contribution is -2.44. The zero-order valence-corrected chi connectivity index (χ0v) is 13.7. The average molecular weight is 371 g/mol. The molecule has 0 aliphatic carbocycles. The molecule has 130 valence electrons. The van der Waals surface area contributed by atoms with E-state index in [1.807, 2.05) is 4.72 Å². The normalized spacial score (nSPS) is 14.2. The van der Waals surface area contributed by atoms with E-state index in [1.54, 1.807) is 0 Å². The van der Waals surface area contributed by atoms with Crippen molar-refractivity contribution in [1.29, 1.82) is 0 Å². The largest absolute Gasteiger partial charge is 0.480 e. The molecule has 0 saturated heterocycles. The smallest absolute Gasteiger partial charge is 0.341 e. The van der Waals surface area contributed by atoms with Gasteiger partial charge in [0.2, 0.25) is 19.9 Å². The lowest BCUT2D eigenvalue weighted by atomic mass is 10.1. The number of carboxylic acids is 1. The third-order valence-corrected chi connectivity index (χ3v) is 5.96. The number of sulfonamides is 1. The topological polar surface area (TPSA) is 118 Å². The first-order valence-electron chi connectivity index (χ1n) is 6.27. The van der Waals surface area contributed by atoms with Crippen molar-refractivity contribution in [3.63, 3.8) is 0 Å². The van der Waals surface area contributed by atoms with Gasteiger partial charge in [-0.05, 0) is 18.1 Å². The van der Waals surface area contributed by atoms with Gasteiger partial charge < -0.3 is 5.11 Å². The van der Waals surface area contributed by atoms with Crippen LogP contribution in [0.15, 0.2) is 34.1 Å². The molecule has 0 radical (unpaired) electrons. The highest BCUT2D eigenvalue weighted by molar-refractivity contribution is 7.94. The van der Waals surface area contributed by atoms with E-state index in [0.29, 0.717) is 0 Å². The summed E-state index contributed by atoms with van der Waals surface area (Å²) in [5, 5.41) is 9.01. The molecule has 0 aromatic heterocycles. The molecule has 0 spiro atoms. The number of halogens is 2. The first-order chi connectivity index (χ1) is 10.4. The van der Waals surface area contributed by atoms with Gasteiger partial charge in [0.1, 0.15) is 10.9 Å². The zero-order valence-electron chi connectivity index (χ0n) is 12.1. The highest BCUT2D eigenvalue weighted by Crippen LogP contribution is 2.26. The Balaban J connectivity index is 3.45. The summed E-state index contributed by atoms with van der Waals surface area (Å²) in [5.74, 6) is -5.93. The fourth-order valence-electron chi connectivity index (χ4n) is 1.71. The van der Waals surface area contributed by atoms with Gasteiger partial charge in [-0.15, -0.1) is 0 Å². The molecule has 7 nitrogen and oxygen atoms in total. The van der Waals surface area contributed by atoms with Crippen LogP contribution in [0.25, 0.3) is 0 Å². The van der Waals surface area contributed by atoms with Gasteiger partial charge in [-0.3, -0.25) is 4.79 Å². The molecule has 0 amide bonds. The summed E-state index contributed by atoms with van der Waals surface area (Å²) < 4.78 is 74.9. The molecule has 2 N–H and O–H groups in total. The highest BCUT2D eigenvalue weighted by atomic mass is 32.2. The molecule has 0 fully saturated rings. The van der Waals surface area contributed by atoms with Crippen molar-refractivity contribution in [3.8, 4) is 0 Å². The number of nitrogens with one attached hydrogen (secondary N) is 1. The molecule has 11 heteroatoms. The number of carbonyl (C=O) groups is 1. The second-order valence-electron chi connectivity index (χ2n) is 4.93. The van der Waals surface area contributed by atoms with Crippen LogP contribution in [0.3, 0.4) is 0 Å². The second-order valence-corrected chi connectivity index (χ2v) is 8.50. The maximum atomic E-state index is 12.7. The molecule has 0 aliphatic rings. The summed E-state index contributed by atoms with van der Waals surface area (Å²) in [5.41, 5.74) is 0. The van der Waals surface area contributed by atoms with Gasteiger partial charge in [0, 0.05) is 0 Å². The third kappa shape index (κ3) is 4.24. The number of hydrogen-bond acceptors (Lipinski definition) is 5. The van der Waals surface area contributed by atoms with Gasteiger partial charge in [-0.2, -0.15) is 13.5 Å². The number of sulfone groups is 1. The van der Waals surface area contributed by atoms with Crippen LogP contribution in [0.1, 0.15) is 13.8 Å². The summed E-state index contributed by atoms with van der Waals surface area (Å²) in [6.45, 7) is 2.87. The first-order valence-corrected chi connectivity index (χ1v) is 9.30. The monoisotopic (exact) mass is 371 g/mol. The number of hydrogen-bond donors (Lipinski definition) is 2. The predicted molar refractivity (Wildman–Crippen MR) is 76.2 cm³/mol. The summed E-state index contributed by atoms with van der Waals surface area (Å²) in [6.07, 6.45) is 0. The van der Waals surface area contributed by atoms with Crippen molar-refractivity contribution in [2.75, 3.05) is 0 Å². The molecule has 0 aliphatic heterocycles. The highest BCUT2D eigenvalue weighted by Gasteiger charge is 2.35. The Kier molecular flexibility index (Phi) is 5.83. The SMILES string of the molecule is CC(C)[C@@H](NS(=O)(=O)c1ccccc1S(=O)(=O)C(F)F)C(=O)O. The maximum absolute atomic E-state index is 12.7. The molecule has 0 bridgehead atoms. The Labute approximate surface area is 132 Å². The third-order valence-electron chi connectivity index (χ3n) is 2.89. The number of rotatable bonds is 7. The fourth-order valence-corrected chi connectivity index (χ4v) is 4.62. The fraction of sp³-hybridized carbons (Fsp3) is 0.417. The standard InChI is InChI=1S/C12H15F2NO6S2/c1-7(2)10(11(16)17)15-23(20,21)9-6-4-3-5-8(9)22(18,19)12(13)14/h3-7,10,12,15H,1-2H3,(H,16,17)/t10-/m1/s1. The molecule has 0 saturated carbocycles. The second kappa shape index (κ2) is 6.89. The predicted octanol–water partition coefficient (Wildman–Crippen LogP) is 1.07. The molecule has 1 rings (SSSR count). The summed E-state index contributed by atoms with van der Waals surface area (Å²) in [7, 11) is -9.81. The van der Waals surface area contributed by atoms with Crippen molar-refractivity contribution < 1.29 is 35.5 Å². The van der Waals surface area contributed by atoms with Gasteiger partial charge >= 0.3 is 11.7 Å². The van der Waals surface area contributed by atoms with Crippen LogP contribution in [0, 0.1) is 5.92 Å². The van der Waals surface area contributed by atoms with Gasteiger partial charge in [-0.1, -0.05) is 26.0 Å². The average Bonchev–Trinajstić information content (AvgIpc) is 2.44. The number of benzene rings is 1. The van der Waals surface area contributed by atoms with E-state index < -0.39 is 53.3 Å². The Morgan fingerprint density at radius 3 is 1.96 bits per heavy atom. The van der Waals surface area contributed by atoms with Crippen molar-refractivity contribution in [1.82, 2.24) is 4.72 Å².